The van der Waals surface area contributed by atoms with Crippen molar-refractivity contribution in [3.05, 3.63) is 53.6 Å². The van der Waals surface area contributed by atoms with Gasteiger partial charge in [0.15, 0.2) is 17.6 Å². The Hall–Kier alpha value is -3.02. The van der Waals surface area contributed by atoms with Crippen molar-refractivity contribution in [2.45, 2.75) is 13.0 Å². The number of benzene rings is 2. The first kappa shape index (κ1) is 17.3. The molecule has 6 nitrogen and oxygen atoms in total. The van der Waals surface area contributed by atoms with E-state index in [4.69, 9.17) is 14.2 Å². The topological polar surface area (TPSA) is 82.1 Å². The van der Waals surface area contributed by atoms with E-state index in [9.17, 15) is 14.7 Å². The molecule has 0 fully saturated rings. The second kappa shape index (κ2) is 7.50. The van der Waals surface area contributed by atoms with Crippen LogP contribution in [0.15, 0.2) is 42.5 Å². The van der Waals surface area contributed by atoms with Crippen LogP contribution in [0.2, 0.25) is 0 Å². The van der Waals surface area contributed by atoms with Gasteiger partial charge < -0.3 is 19.3 Å². The van der Waals surface area contributed by atoms with Gasteiger partial charge in [-0.2, -0.15) is 0 Å². The number of Topliss-reactive ketones (excluding diaryl/α,β-unsaturated/α-hetero) is 1. The van der Waals surface area contributed by atoms with E-state index < -0.39 is 12.1 Å². The van der Waals surface area contributed by atoms with Crippen LogP contribution < -0.4 is 9.47 Å². The van der Waals surface area contributed by atoms with Crippen LogP contribution in [0.4, 0.5) is 0 Å². The van der Waals surface area contributed by atoms with E-state index in [0.717, 1.165) is 0 Å². The zero-order chi connectivity index (χ0) is 17.7. The van der Waals surface area contributed by atoms with Crippen molar-refractivity contribution in [2.75, 3.05) is 14.2 Å². The van der Waals surface area contributed by atoms with Gasteiger partial charge in [-0.3, -0.25) is 4.79 Å². The highest BCUT2D eigenvalue weighted by Gasteiger charge is 2.22. The molecule has 0 aliphatic heterocycles. The van der Waals surface area contributed by atoms with E-state index in [1.807, 2.05) is 0 Å². The summed E-state index contributed by atoms with van der Waals surface area (Å²) >= 11 is 0. The maximum Gasteiger partial charge on any atom is 0.339 e. The normalized spacial score (nSPS) is 11.5. The minimum atomic E-state index is -0.953. The summed E-state index contributed by atoms with van der Waals surface area (Å²) in [5, 5.41) is 9.86. The van der Waals surface area contributed by atoms with Gasteiger partial charge in [-0.05, 0) is 19.1 Å². The number of hydrogen-bond acceptors (Lipinski definition) is 6. The molecule has 2 aromatic carbocycles. The highest BCUT2D eigenvalue weighted by Crippen LogP contribution is 2.37. The van der Waals surface area contributed by atoms with Crippen molar-refractivity contribution in [3.63, 3.8) is 0 Å². The lowest BCUT2D eigenvalue weighted by Crippen LogP contribution is -2.24. The molecule has 0 bridgehead atoms. The molecule has 0 heterocycles. The first-order valence-corrected chi connectivity index (χ1v) is 7.23. The number of esters is 1. The van der Waals surface area contributed by atoms with E-state index in [0.29, 0.717) is 5.56 Å². The number of methoxy groups -OCH3 is 2. The van der Waals surface area contributed by atoms with Gasteiger partial charge >= 0.3 is 5.97 Å². The molecule has 24 heavy (non-hydrogen) atoms. The fourth-order valence-electron chi connectivity index (χ4n) is 2.13. The third kappa shape index (κ3) is 3.65. The summed E-state index contributed by atoms with van der Waals surface area (Å²) in [5.74, 6) is -1.10. The predicted molar refractivity (Wildman–Crippen MR) is 86.9 cm³/mol. The zero-order valence-corrected chi connectivity index (χ0v) is 13.6. The van der Waals surface area contributed by atoms with Gasteiger partial charge in [0, 0.05) is 5.56 Å². The fourth-order valence-corrected chi connectivity index (χ4v) is 2.13. The van der Waals surface area contributed by atoms with Crippen LogP contribution in [0.25, 0.3) is 0 Å². The predicted octanol–water partition coefficient (Wildman–Crippen LogP) is 2.84. The van der Waals surface area contributed by atoms with E-state index in [-0.39, 0.29) is 28.6 Å². The molecular formula is C18H18O6. The molecule has 0 spiro atoms. The summed E-state index contributed by atoms with van der Waals surface area (Å²) in [6.07, 6.45) is -0.953. The number of carbonyl (C=O) groups is 2. The lowest BCUT2D eigenvalue weighted by molar-refractivity contribution is 0.0318. The first-order chi connectivity index (χ1) is 11.5. The molecule has 0 saturated heterocycles. The van der Waals surface area contributed by atoms with Gasteiger partial charge in [-0.1, -0.05) is 30.3 Å². The van der Waals surface area contributed by atoms with Crippen molar-refractivity contribution < 1.29 is 28.9 Å². The lowest BCUT2D eigenvalue weighted by atomic mass is 10.1. The molecule has 2 aromatic rings. The van der Waals surface area contributed by atoms with Crippen molar-refractivity contribution >= 4 is 11.8 Å². The third-order valence-electron chi connectivity index (χ3n) is 3.43. The number of phenols is 1. The number of ketones is 1. The molecular weight excluding hydrogens is 312 g/mol. The summed E-state index contributed by atoms with van der Waals surface area (Å²) in [6.45, 7) is 1.50. The SMILES string of the molecule is COc1cc(C(=O)O[C@@H](C)C(=O)c2ccccc2)cc(OC)c1O. The Balaban J connectivity index is 2.19. The average Bonchev–Trinajstić information content (AvgIpc) is 2.61. The zero-order valence-electron chi connectivity index (χ0n) is 13.6. The summed E-state index contributed by atoms with van der Waals surface area (Å²) in [6, 6.07) is 11.2. The molecule has 0 aromatic heterocycles. The smallest absolute Gasteiger partial charge is 0.339 e. The van der Waals surface area contributed by atoms with Gasteiger partial charge in [0.25, 0.3) is 0 Å². The molecule has 126 valence electrons. The largest absolute Gasteiger partial charge is 0.502 e. The van der Waals surface area contributed by atoms with Crippen LogP contribution in [0.3, 0.4) is 0 Å². The maximum absolute atomic E-state index is 12.3. The van der Waals surface area contributed by atoms with E-state index in [1.165, 1.54) is 33.3 Å². The monoisotopic (exact) mass is 330 g/mol. The Labute approximate surface area is 139 Å². The summed E-state index contributed by atoms with van der Waals surface area (Å²) in [5.41, 5.74) is 0.563. The van der Waals surface area contributed by atoms with Crippen molar-refractivity contribution in [3.8, 4) is 17.2 Å². The molecule has 0 aliphatic carbocycles. The lowest BCUT2D eigenvalue weighted by Gasteiger charge is -2.14. The van der Waals surface area contributed by atoms with E-state index in [2.05, 4.69) is 0 Å². The molecule has 0 saturated carbocycles. The number of ether oxygens (including phenoxy) is 3. The van der Waals surface area contributed by atoms with Gasteiger partial charge in [-0.15, -0.1) is 0 Å². The number of carbonyl (C=O) groups excluding carboxylic acids is 2. The third-order valence-corrected chi connectivity index (χ3v) is 3.43. The molecule has 1 N–H and O–H groups in total. The standard InChI is InChI=1S/C18H18O6/c1-11(16(19)12-7-5-4-6-8-12)24-18(21)13-9-14(22-2)17(20)15(10-13)23-3/h4-11,20H,1-3H3/t11-/m0/s1. The highest BCUT2D eigenvalue weighted by atomic mass is 16.5. The van der Waals surface area contributed by atoms with Crippen LogP contribution in [0.1, 0.15) is 27.6 Å². The second-order valence-corrected chi connectivity index (χ2v) is 5.01. The number of rotatable bonds is 6. The summed E-state index contributed by atoms with van der Waals surface area (Å²) in [7, 11) is 2.70. The number of hydrogen-bond donors (Lipinski definition) is 1. The van der Waals surface area contributed by atoms with Crippen molar-refractivity contribution in [2.24, 2.45) is 0 Å². The summed E-state index contributed by atoms with van der Waals surface area (Å²) in [4.78, 5) is 24.5. The minimum Gasteiger partial charge on any atom is -0.502 e. The van der Waals surface area contributed by atoms with Crippen molar-refractivity contribution in [1.29, 1.82) is 0 Å². The molecule has 0 aliphatic rings. The minimum absolute atomic E-state index is 0.0725. The Morgan fingerprint density at radius 1 is 0.958 bits per heavy atom. The summed E-state index contributed by atoms with van der Waals surface area (Å²) < 4.78 is 15.2. The Morgan fingerprint density at radius 3 is 2.00 bits per heavy atom. The van der Waals surface area contributed by atoms with Crippen LogP contribution in [0.5, 0.6) is 17.2 Å². The van der Waals surface area contributed by atoms with Crippen molar-refractivity contribution in [1.82, 2.24) is 0 Å². The van der Waals surface area contributed by atoms with Gasteiger partial charge in [0.1, 0.15) is 0 Å². The molecule has 1 atom stereocenters. The average molecular weight is 330 g/mol. The van der Waals surface area contributed by atoms with Crippen LogP contribution in [-0.4, -0.2) is 37.2 Å². The second-order valence-electron chi connectivity index (χ2n) is 5.01. The van der Waals surface area contributed by atoms with Crippen LogP contribution >= 0.6 is 0 Å². The number of aromatic hydroxyl groups is 1. The van der Waals surface area contributed by atoms with Gasteiger partial charge in [0.2, 0.25) is 11.5 Å². The maximum atomic E-state index is 12.3. The molecule has 0 radical (unpaired) electrons. The quantitative estimate of drug-likeness (QED) is 0.648. The van der Waals surface area contributed by atoms with Gasteiger partial charge in [-0.25, -0.2) is 4.79 Å². The Kier molecular flexibility index (Phi) is 5.42. The van der Waals surface area contributed by atoms with Crippen LogP contribution in [-0.2, 0) is 4.74 Å². The molecule has 0 amide bonds. The fraction of sp³-hybridized carbons (Fsp3) is 0.222. The first-order valence-electron chi connectivity index (χ1n) is 7.23. The van der Waals surface area contributed by atoms with Crippen LogP contribution in [0, 0.1) is 0 Å². The highest BCUT2D eigenvalue weighted by molar-refractivity contribution is 6.01. The van der Waals surface area contributed by atoms with E-state index in [1.54, 1.807) is 30.3 Å². The van der Waals surface area contributed by atoms with Gasteiger partial charge in [0.05, 0.1) is 19.8 Å². The number of phenolic OH excluding ortho intramolecular Hbond substituents is 1. The van der Waals surface area contributed by atoms with E-state index >= 15 is 0 Å². The molecule has 0 unspecified atom stereocenters. The molecule has 6 heteroatoms. The Morgan fingerprint density at radius 2 is 1.50 bits per heavy atom. The Bertz CT molecular complexity index is 713. The molecule has 2 rings (SSSR count).